The molecule has 0 spiro atoms. The fraction of sp³-hybridized carbons (Fsp3) is 0.0588. The van der Waals surface area contributed by atoms with Crippen molar-refractivity contribution in [3.63, 3.8) is 0 Å². The molecule has 0 N–H and O–H groups in total. The Kier molecular flexibility index (Phi) is 6.60. The Labute approximate surface area is 313 Å². The molecule has 254 valence electrons. The minimum absolute atomic E-state index is 0.143. The largest absolute Gasteiger partial charge is 0.309 e. The van der Waals surface area contributed by atoms with Crippen molar-refractivity contribution >= 4 is 43.4 Å². The van der Waals surface area contributed by atoms with Gasteiger partial charge in [0.2, 0.25) is 0 Å². The molecule has 3 heteroatoms. The van der Waals surface area contributed by atoms with E-state index in [1.54, 1.807) is 0 Å². The Balaban J connectivity index is 1.15. The van der Waals surface area contributed by atoms with Crippen molar-refractivity contribution in [2.45, 2.75) is 19.3 Å². The average Bonchev–Trinajstić information content (AvgIpc) is 3.66. The van der Waals surface area contributed by atoms with Crippen LogP contribution in [0.5, 0.6) is 0 Å². The smallest absolute Gasteiger partial charge is 0.160 e. The Bertz CT molecular complexity index is 3060. The van der Waals surface area contributed by atoms with E-state index in [9.17, 15) is 0 Å². The van der Waals surface area contributed by atoms with Crippen molar-refractivity contribution < 1.29 is 0 Å². The first kappa shape index (κ1) is 30.8. The summed E-state index contributed by atoms with van der Waals surface area (Å²) in [5.74, 6) is 0.716. The van der Waals surface area contributed by atoms with Gasteiger partial charge in [-0.3, -0.25) is 0 Å². The minimum Gasteiger partial charge on any atom is -0.309 e. The summed E-state index contributed by atoms with van der Waals surface area (Å²) in [4.78, 5) is 10.3. The van der Waals surface area contributed by atoms with E-state index < -0.39 is 0 Å². The van der Waals surface area contributed by atoms with Crippen LogP contribution >= 0.6 is 0 Å². The van der Waals surface area contributed by atoms with Gasteiger partial charge in [0.25, 0.3) is 0 Å². The van der Waals surface area contributed by atoms with Crippen LogP contribution in [0.2, 0.25) is 0 Å². The van der Waals surface area contributed by atoms with Crippen molar-refractivity contribution in [1.82, 2.24) is 14.5 Å². The van der Waals surface area contributed by atoms with Crippen LogP contribution in [-0.2, 0) is 5.41 Å². The molecule has 0 radical (unpaired) electrons. The highest BCUT2D eigenvalue weighted by atomic mass is 15.0. The summed E-state index contributed by atoms with van der Waals surface area (Å²) in [6.07, 6.45) is 0. The van der Waals surface area contributed by atoms with E-state index in [0.29, 0.717) is 5.82 Å². The van der Waals surface area contributed by atoms with E-state index in [0.717, 1.165) is 39.2 Å². The van der Waals surface area contributed by atoms with Gasteiger partial charge in [-0.1, -0.05) is 147 Å². The number of aromatic nitrogens is 3. The zero-order chi connectivity index (χ0) is 36.0. The molecule has 0 fully saturated rings. The molecule has 0 saturated heterocycles. The van der Waals surface area contributed by atoms with Crippen molar-refractivity contribution in [3.05, 3.63) is 187 Å². The molecular weight excluding hydrogens is 655 g/mol. The number of benzene rings is 8. The van der Waals surface area contributed by atoms with E-state index in [1.807, 2.05) is 24.3 Å². The summed E-state index contributed by atoms with van der Waals surface area (Å²) < 4.78 is 2.48. The second kappa shape index (κ2) is 11.6. The van der Waals surface area contributed by atoms with Gasteiger partial charge < -0.3 is 4.57 Å². The number of nitrogens with zero attached hydrogens (tertiary/aromatic N) is 3. The minimum atomic E-state index is -0.143. The molecule has 0 bridgehead atoms. The van der Waals surface area contributed by atoms with Gasteiger partial charge in [0.15, 0.2) is 5.82 Å². The summed E-state index contributed by atoms with van der Waals surface area (Å²) in [7, 11) is 0. The highest BCUT2D eigenvalue weighted by molar-refractivity contribution is 6.14. The highest BCUT2D eigenvalue weighted by Crippen LogP contribution is 2.52. The van der Waals surface area contributed by atoms with Crippen LogP contribution < -0.4 is 0 Å². The third kappa shape index (κ3) is 4.55. The summed E-state index contributed by atoms with van der Waals surface area (Å²) in [5, 5.41) is 7.42. The highest BCUT2D eigenvalue weighted by Gasteiger charge is 2.37. The summed E-state index contributed by atoms with van der Waals surface area (Å²) in [6.45, 7) is 4.76. The molecule has 3 nitrogen and oxygen atoms in total. The van der Waals surface area contributed by atoms with Gasteiger partial charge in [0.1, 0.15) is 0 Å². The third-order valence-corrected chi connectivity index (χ3v) is 11.6. The Hall–Kier alpha value is -6.84. The van der Waals surface area contributed by atoms with Gasteiger partial charge in [-0.15, -0.1) is 0 Å². The first-order valence-electron chi connectivity index (χ1n) is 18.7. The van der Waals surface area contributed by atoms with Crippen molar-refractivity contribution in [3.8, 4) is 50.7 Å². The number of rotatable bonds is 4. The van der Waals surface area contributed by atoms with Gasteiger partial charge in [-0.05, 0) is 80.9 Å². The van der Waals surface area contributed by atoms with Gasteiger partial charge in [-0.25, -0.2) is 9.97 Å². The second-order valence-corrected chi connectivity index (χ2v) is 15.0. The molecule has 0 aliphatic heterocycles. The molecule has 54 heavy (non-hydrogen) atoms. The Morgan fingerprint density at radius 2 is 1.00 bits per heavy atom. The predicted octanol–water partition coefficient (Wildman–Crippen LogP) is 13.2. The normalized spacial score (nSPS) is 13.1. The molecule has 1 aliphatic rings. The van der Waals surface area contributed by atoms with Gasteiger partial charge >= 0.3 is 0 Å². The fourth-order valence-electron chi connectivity index (χ4n) is 8.90. The van der Waals surface area contributed by atoms with Crippen LogP contribution in [0, 0.1) is 0 Å². The summed E-state index contributed by atoms with van der Waals surface area (Å²) in [6, 6.07) is 63.4. The monoisotopic (exact) mass is 689 g/mol. The first-order valence-corrected chi connectivity index (χ1v) is 18.7. The lowest BCUT2D eigenvalue weighted by molar-refractivity contribution is 0.662. The number of para-hydroxylation sites is 1. The van der Waals surface area contributed by atoms with Crippen LogP contribution in [0.15, 0.2) is 176 Å². The molecule has 8 aromatic carbocycles. The van der Waals surface area contributed by atoms with E-state index >= 15 is 0 Å². The summed E-state index contributed by atoms with van der Waals surface area (Å²) in [5.41, 5.74) is 13.8. The molecular formula is C51H35N3. The lowest BCUT2D eigenvalue weighted by atomic mass is 9.81. The Morgan fingerprint density at radius 3 is 1.78 bits per heavy atom. The molecule has 2 heterocycles. The molecule has 0 atom stereocenters. The standard InChI is InChI=1S/C51H35N3/c1-51(2)43-28-35-20-10-9-19-34(35)27-40(43)41-29-42-39-23-13-14-24-47(39)54(49(42)30-44(41)51)48-26-25-37(36-21-11-12-22-38(36)48)46-31-45(32-15-5-3-6-16-32)52-50(53-46)33-17-7-4-8-18-33/h3-31H,1-2H3. The van der Waals surface area contributed by atoms with Gasteiger partial charge in [0.05, 0.1) is 28.1 Å². The topological polar surface area (TPSA) is 30.7 Å². The van der Waals surface area contributed by atoms with Crippen molar-refractivity contribution in [2.75, 3.05) is 0 Å². The van der Waals surface area contributed by atoms with Crippen LogP contribution in [0.25, 0.3) is 94.1 Å². The number of hydrogen-bond acceptors (Lipinski definition) is 2. The molecule has 0 unspecified atom stereocenters. The molecule has 2 aromatic heterocycles. The van der Waals surface area contributed by atoms with E-state index in [4.69, 9.17) is 9.97 Å². The van der Waals surface area contributed by atoms with Gasteiger partial charge in [0, 0.05) is 38.3 Å². The lowest BCUT2D eigenvalue weighted by Crippen LogP contribution is -2.15. The fourth-order valence-corrected chi connectivity index (χ4v) is 8.90. The molecule has 11 rings (SSSR count). The maximum absolute atomic E-state index is 5.22. The summed E-state index contributed by atoms with van der Waals surface area (Å²) >= 11 is 0. The van der Waals surface area contributed by atoms with E-state index in [-0.39, 0.29) is 5.41 Å². The van der Waals surface area contributed by atoms with E-state index in [2.05, 4.69) is 170 Å². The lowest BCUT2D eigenvalue weighted by Gasteiger charge is -2.22. The molecule has 10 aromatic rings. The third-order valence-electron chi connectivity index (χ3n) is 11.6. The zero-order valence-electron chi connectivity index (χ0n) is 30.1. The van der Waals surface area contributed by atoms with E-state index in [1.165, 1.54) is 60.2 Å². The molecule has 0 saturated carbocycles. The quantitative estimate of drug-likeness (QED) is 0.184. The SMILES string of the molecule is CC1(C)c2cc3ccccc3cc2-c2cc3c4ccccc4n(-c4ccc(-c5cc(-c6ccccc6)nc(-c6ccccc6)n5)c5ccccc45)c3cc21. The van der Waals surface area contributed by atoms with Gasteiger partial charge in [-0.2, -0.15) is 0 Å². The number of fused-ring (bicyclic) bond motifs is 8. The average molecular weight is 690 g/mol. The first-order chi connectivity index (χ1) is 26.5. The van der Waals surface area contributed by atoms with Crippen LogP contribution in [-0.4, -0.2) is 14.5 Å². The zero-order valence-corrected chi connectivity index (χ0v) is 30.1. The maximum Gasteiger partial charge on any atom is 0.160 e. The Morgan fingerprint density at radius 1 is 0.407 bits per heavy atom. The van der Waals surface area contributed by atoms with Crippen LogP contribution in [0.1, 0.15) is 25.0 Å². The maximum atomic E-state index is 5.22. The van der Waals surface area contributed by atoms with Crippen LogP contribution in [0.3, 0.4) is 0 Å². The molecule has 1 aliphatic carbocycles. The number of hydrogen-bond donors (Lipinski definition) is 0. The second-order valence-electron chi connectivity index (χ2n) is 15.0. The molecule has 0 amide bonds. The van der Waals surface area contributed by atoms with Crippen molar-refractivity contribution in [1.29, 1.82) is 0 Å². The van der Waals surface area contributed by atoms with Crippen LogP contribution in [0.4, 0.5) is 0 Å². The van der Waals surface area contributed by atoms with Crippen molar-refractivity contribution in [2.24, 2.45) is 0 Å². The predicted molar refractivity (Wildman–Crippen MR) is 225 cm³/mol.